The normalized spacial score (nSPS) is 12.3. The fraction of sp³-hybridized carbons (Fsp3) is 0.357. The number of benzene rings is 1. The van der Waals surface area contributed by atoms with Gasteiger partial charge in [-0.05, 0) is 31.5 Å². The predicted octanol–water partition coefficient (Wildman–Crippen LogP) is 1.96. The zero-order valence-electron chi connectivity index (χ0n) is 11.2. The number of anilines is 1. The van der Waals surface area contributed by atoms with Crippen LogP contribution in [0.15, 0.2) is 30.6 Å². The molecule has 0 radical (unpaired) electrons. The molecule has 1 amide bonds. The lowest BCUT2D eigenvalue weighted by atomic mass is 10.2. The summed E-state index contributed by atoms with van der Waals surface area (Å²) in [5.41, 5.74) is 2.33. The molecular formula is C14H18N4O. The molecule has 0 aliphatic heterocycles. The number of hydrogen-bond acceptors (Lipinski definition) is 4. The highest BCUT2D eigenvalue weighted by Crippen LogP contribution is 2.14. The van der Waals surface area contributed by atoms with Gasteiger partial charge in [-0.2, -0.15) is 0 Å². The minimum Gasteiger partial charge on any atom is -0.325 e. The number of rotatable bonds is 5. The van der Waals surface area contributed by atoms with E-state index in [1.807, 2.05) is 18.2 Å². The molecule has 0 spiro atoms. The highest BCUT2D eigenvalue weighted by Gasteiger charge is 2.05. The smallest absolute Gasteiger partial charge is 0.238 e. The largest absolute Gasteiger partial charge is 0.325 e. The number of amides is 1. The minimum absolute atomic E-state index is 0.0523. The fourth-order valence-corrected chi connectivity index (χ4v) is 1.66. The first-order valence-electron chi connectivity index (χ1n) is 6.43. The van der Waals surface area contributed by atoms with E-state index in [1.54, 1.807) is 12.4 Å². The molecule has 19 heavy (non-hydrogen) atoms. The van der Waals surface area contributed by atoms with Gasteiger partial charge in [0.25, 0.3) is 0 Å². The van der Waals surface area contributed by atoms with Gasteiger partial charge in [0.1, 0.15) is 0 Å². The summed E-state index contributed by atoms with van der Waals surface area (Å²) in [4.78, 5) is 20.2. The first kappa shape index (κ1) is 13.4. The standard InChI is InChI=1S/C14H18N4O/c1-3-10(2)17-9-14(19)18-11-4-5-12-13(8-11)16-7-6-15-12/h4-8,10,17H,3,9H2,1-2H3,(H,18,19). The van der Waals surface area contributed by atoms with E-state index < -0.39 is 0 Å². The van der Waals surface area contributed by atoms with Gasteiger partial charge in [-0.1, -0.05) is 6.92 Å². The summed E-state index contributed by atoms with van der Waals surface area (Å²) in [6.07, 6.45) is 4.29. The molecule has 0 saturated carbocycles. The summed E-state index contributed by atoms with van der Waals surface area (Å²) in [5.74, 6) is -0.0523. The van der Waals surface area contributed by atoms with Gasteiger partial charge in [-0.3, -0.25) is 14.8 Å². The van der Waals surface area contributed by atoms with E-state index in [1.165, 1.54) is 0 Å². The van der Waals surface area contributed by atoms with Crippen LogP contribution in [0.4, 0.5) is 5.69 Å². The molecular weight excluding hydrogens is 240 g/mol. The molecule has 1 aromatic heterocycles. The van der Waals surface area contributed by atoms with Crippen molar-refractivity contribution in [3.8, 4) is 0 Å². The van der Waals surface area contributed by atoms with E-state index in [4.69, 9.17) is 0 Å². The van der Waals surface area contributed by atoms with Crippen LogP contribution in [0.2, 0.25) is 0 Å². The predicted molar refractivity (Wildman–Crippen MR) is 75.9 cm³/mol. The van der Waals surface area contributed by atoms with Gasteiger partial charge < -0.3 is 10.6 Å². The lowest BCUT2D eigenvalue weighted by molar-refractivity contribution is -0.115. The second kappa shape index (κ2) is 6.24. The monoisotopic (exact) mass is 258 g/mol. The number of nitrogens with one attached hydrogen (secondary N) is 2. The van der Waals surface area contributed by atoms with Crippen LogP contribution in [-0.2, 0) is 4.79 Å². The average molecular weight is 258 g/mol. The quantitative estimate of drug-likeness (QED) is 0.860. The third kappa shape index (κ3) is 3.72. The maximum Gasteiger partial charge on any atom is 0.238 e. The molecule has 2 rings (SSSR count). The molecule has 2 N–H and O–H groups in total. The van der Waals surface area contributed by atoms with E-state index in [-0.39, 0.29) is 5.91 Å². The second-order valence-corrected chi connectivity index (χ2v) is 4.50. The Bertz CT molecular complexity index is 570. The van der Waals surface area contributed by atoms with E-state index in [2.05, 4.69) is 34.4 Å². The highest BCUT2D eigenvalue weighted by atomic mass is 16.1. The number of nitrogens with zero attached hydrogens (tertiary/aromatic N) is 2. The van der Waals surface area contributed by atoms with E-state index in [0.29, 0.717) is 12.6 Å². The first-order chi connectivity index (χ1) is 9.19. The zero-order valence-corrected chi connectivity index (χ0v) is 11.2. The molecule has 0 fully saturated rings. The molecule has 1 unspecified atom stereocenters. The van der Waals surface area contributed by atoms with Crippen molar-refractivity contribution in [1.82, 2.24) is 15.3 Å². The highest BCUT2D eigenvalue weighted by molar-refractivity contribution is 5.94. The molecule has 5 heteroatoms. The summed E-state index contributed by atoms with van der Waals surface area (Å²) >= 11 is 0. The van der Waals surface area contributed by atoms with E-state index in [9.17, 15) is 4.79 Å². The SMILES string of the molecule is CCC(C)NCC(=O)Nc1ccc2nccnc2c1. The Balaban J connectivity index is 1.99. The van der Waals surface area contributed by atoms with Gasteiger partial charge >= 0.3 is 0 Å². The van der Waals surface area contributed by atoms with Gasteiger partial charge in [-0.25, -0.2) is 0 Å². The summed E-state index contributed by atoms with van der Waals surface area (Å²) in [6.45, 7) is 4.45. The van der Waals surface area contributed by atoms with Gasteiger partial charge in [0.15, 0.2) is 0 Å². The maximum atomic E-state index is 11.8. The molecule has 0 saturated heterocycles. The van der Waals surface area contributed by atoms with Crippen LogP contribution in [0.3, 0.4) is 0 Å². The molecule has 0 aliphatic rings. The molecule has 1 atom stereocenters. The number of carbonyl (C=O) groups excluding carboxylic acids is 1. The molecule has 5 nitrogen and oxygen atoms in total. The van der Waals surface area contributed by atoms with Gasteiger partial charge in [0, 0.05) is 24.1 Å². The van der Waals surface area contributed by atoms with Crippen molar-refractivity contribution in [2.24, 2.45) is 0 Å². The van der Waals surface area contributed by atoms with Crippen molar-refractivity contribution < 1.29 is 4.79 Å². The molecule has 2 aromatic rings. The number of fused-ring (bicyclic) bond motifs is 1. The summed E-state index contributed by atoms with van der Waals surface area (Å²) in [5, 5.41) is 5.99. The van der Waals surface area contributed by atoms with Crippen LogP contribution < -0.4 is 10.6 Å². The fourth-order valence-electron chi connectivity index (χ4n) is 1.66. The average Bonchev–Trinajstić information content (AvgIpc) is 2.44. The third-order valence-corrected chi connectivity index (χ3v) is 2.98. The van der Waals surface area contributed by atoms with Crippen molar-refractivity contribution in [3.05, 3.63) is 30.6 Å². The number of aromatic nitrogens is 2. The Labute approximate surface area is 112 Å². The summed E-state index contributed by atoms with van der Waals surface area (Å²) < 4.78 is 0. The number of carbonyl (C=O) groups is 1. The maximum absolute atomic E-state index is 11.8. The summed E-state index contributed by atoms with van der Waals surface area (Å²) in [6, 6.07) is 5.84. The second-order valence-electron chi connectivity index (χ2n) is 4.50. The molecule has 1 heterocycles. The Morgan fingerprint density at radius 1 is 1.26 bits per heavy atom. The van der Waals surface area contributed by atoms with E-state index >= 15 is 0 Å². The van der Waals surface area contributed by atoms with Crippen LogP contribution in [0.25, 0.3) is 11.0 Å². The van der Waals surface area contributed by atoms with Gasteiger partial charge in [-0.15, -0.1) is 0 Å². The van der Waals surface area contributed by atoms with Crippen LogP contribution in [0.5, 0.6) is 0 Å². The molecule has 0 bridgehead atoms. The third-order valence-electron chi connectivity index (χ3n) is 2.98. The summed E-state index contributed by atoms with van der Waals surface area (Å²) in [7, 11) is 0. The van der Waals surface area contributed by atoms with Gasteiger partial charge in [0.05, 0.1) is 17.6 Å². The molecule has 1 aromatic carbocycles. The van der Waals surface area contributed by atoms with Crippen LogP contribution in [-0.4, -0.2) is 28.5 Å². The van der Waals surface area contributed by atoms with Crippen molar-refractivity contribution in [1.29, 1.82) is 0 Å². The topological polar surface area (TPSA) is 66.9 Å². The minimum atomic E-state index is -0.0523. The molecule has 100 valence electrons. The van der Waals surface area contributed by atoms with Crippen molar-refractivity contribution >= 4 is 22.6 Å². The lowest BCUT2D eigenvalue weighted by Gasteiger charge is -2.11. The van der Waals surface area contributed by atoms with E-state index in [0.717, 1.165) is 23.1 Å². The first-order valence-corrected chi connectivity index (χ1v) is 6.43. The zero-order chi connectivity index (χ0) is 13.7. The number of hydrogen-bond donors (Lipinski definition) is 2. The van der Waals surface area contributed by atoms with Crippen LogP contribution in [0.1, 0.15) is 20.3 Å². The Kier molecular flexibility index (Phi) is 4.41. The van der Waals surface area contributed by atoms with Crippen LogP contribution >= 0.6 is 0 Å². The Hall–Kier alpha value is -2.01. The van der Waals surface area contributed by atoms with Crippen molar-refractivity contribution in [2.45, 2.75) is 26.3 Å². The Morgan fingerprint density at radius 3 is 2.74 bits per heavy atom. The Morgan fingerprint density at radius 2 is 2.00 bits per heavy atom. The van der Waals surface area contributed by atoms with Crippen molar-refractivity contribution in [2.75, 3.05) is 11.9 Å². The van der Waals surface area contributed by atoms with Crippen molar-refractivity contribution in [3.63, 3.8) is 0 Å². The van der Waals surface area contributed by atoms with Gasteiger partial charge in [0.2, 0.25) is 5.91 Å². The molecule has 0 aliphatic carbocycles. The lowest BCUT2D eigenvalue weighted by Crippen LogP contribution is -2.33. The van der Waals surface area contributed by atoms with Crippen LogP contribution in [0, 0.1) is 0 Å².